The molecule has 0 bridgehead atoms. The van der Waals surface area contributed by atoms with E-state index in [1.54, 1.807) is 0 Å². The molecule has 0 heteroatoms. The lowest BCUT2D eigenvalue weighted by Gasteiger charge is -2.11. The molecule has 0 saturated carbocycles. The van der Waals surface area contributed by atoms with Crippen molar-refractivity contribution in [1.82, 2.24) is 0 Å². The molecule has 1 atom stereocenters. The molecule has 0 aromatic carbocycles. The molecule has 0 radical (unpaired) electrons. The fraction of sp³-hybridized carbons (Fsp3) is 0.846. The molecule has 0 heterocycles. The van der Waals surface area contributed by atoms with Crippen LogP contribution >= 0.6 is 0 Å². The lowest BCUT2D eigenvalue weighted by atomic mass is 9.95. The van der Waals surface area contributed by atoms with Crippen molar-refractivity contribution >= 4 is 0 Å². The van der Waals surface area contributed by atoms with Crippen LogP contribution in [0.3, 0.4) is 0 Å². The van der Waals surface area contributed by atoms with Gasteiger partial charge in [-0.15, -0.1) is 0 Å². The summed E-state index contributed by atoms with van der Waals surface area (Å²) in [5, 5.41) is 0. The van der Waals surface area contributed by atoms with Gasteiger partial charge < -0.3 is 0 Å². The first-order valence-electron chi connectivity index (χ1n) is 5.65. The Labute approximate surface area is 84.4 Å². The van der Waals surface area contributed by atoms with Crippen LogP contribution in [-0.2, 0) is 0 Å². The van der Waals surface area contributed by atoms with Gasteiger partial charge >= 0.3 is 0 Å². The van der Waals surface area contributed by atoms with E-state index in [1.807, 2.05) is 0 Å². The third kappa shape index (κ3) is 9.66. The van der Waals surface area contributed by atoms with Gasteiger partial charge in [0.25, 0.3) is 0 Å². The SMILES string of the molecule is CC(C)=CCCC(C)CCC(C)C. The predicted octanol–water partition coefficient (Wildman–Crippen LogP) is 4.81. The second kappa shape index (κ2) is 7.17. The van der Waals surface area contributed by atoms with Gasteiger partial charge in [-0.3, -0.25) is 0 Å². The van der Waals surface area contributed by atoms with Crippen LogP contribution in [0.1, 0.15) is 60.3 Å². The Morgan fingerprint density at radius 2 is 1.62 bits per heavy atom. The molecule has 0 aromatic rings. The quantitative estimate of drug-likeness (QED) is 0.517. The van der Waals surface area contributed by atoms with Crippen molar-refractivity contribution in [2.24, 2.45) is 11.8 Å². The minimum Gasteiger partial charge on any atom is -0.0859 e. The highest BCUT2D eigenvalue weighted by molar-refractivity contribution is 4.92. The van der Waals surface area contributed by atoms with Crippen molar-refractivity contribution in [2.45, 2.75) is 60.3 Å². The van der Waals surface area contributed by atoms with E-state index in [0.29, 0.717) is 0 Å². The molecule has 0 aliphatic heterocycles. The smallest absolute Gasteiger partial charge is 0.0346 e. The van der Waals surface area contributed by atoms with Gasteiger partial charge in [-0.05, 0) is 38.5 Å². The summed E-state index contributed by atoms with van der Waals surface area (Å²) in [4.78, 5) is 0. The first kappa shape index (κ1) is 12.7. The highest BCUT2D eigenvalue weighted by Crippen LogP contribution is 2.16. The normalized spacial score (nSPS) is 13.1. The monoisotopic (exact) mass is 182 g/mol. The van der Waals surface area contributed by atoms with Gasteiger partial charge in [0, 0.05) is 0 Å². The van der Waals surface area contributed by atoms with E-state index in [-0.39, 0.29) is 0 Å². The van der Waals surface area contributed by atoms with E-state index in [4.69, 9.17) is 0 Å². The maximum Gasteiger partial charge on any atom is -0.0346 e. The van der Waals surface area contributed by atoms with Crippen LogP contribution in [0, 0.1) is 11.8 Å². The molecule has 0 N–H and O–H groups in total. The minimum absolute atomic E-state index is 0.867. The first-order valence-corrected chi connectivity index (χ1v) is 5.65. The van der Waals surface area contributed by atoms with Crippen LogP contribution < -0.4 is 0 Å². The van der Waals surface area contributed by atoms with Crippen LogP contribution in [0.5, 0.6) is 0 Å². The first-order chi connectivity index (χ1) is 6.02. The highest BCUT2D eigenvalue weighted by Gasteiger charge is 2.02. The number of hydrogen-bond acceptors (Lipinski definition) is 0. The minimum atomic E-state index is 0.867. The molecular weight excluding hydrogens is 156 g/mol. The Balaban J connectivity index is 3.40. The van der Waals surface area contributed by atoms with Gasteiger partial charge in [0.1, 0.15) is 0 Å². The lowest BCUT2D eigenvalue weighted by molar-refractivity contribution is 0.430. The Kier molecular flexibility index (Phi) is 7.03. The average Bonchev–Trinajstić information content (AvgIpc) is 2.00. The largest absolute Gasteiger partial charge is 0.0859 e. The van der Waals surface area contributed by atoms with Crippen LogP contribution in [0.2, 0.25) is 0 Å². The van der Waals surface area contributed by atoms with Crippen LogP contribution in [0.25, 0.3) is 0 Å². The molecule has 0 spiro atoms. The molecule has 0 nitrogen and oxygen atoms in total. The van der Waals surface area contributed by atoms with Gasteiger partial charge in [0.2, 0.25) is 0 Å². The molecule has 0 rings (SSSR count). The van der Waals surface area contributed by atoms with Gasteiger partial charge in [-0.25, -0.2) is 0 Å². The van der Waals surface area contributed by atoms with Crippen molar-refractivity contribution < 1.29 is 0 Å². The van der Waals surface area contributed by atoms with Crippen LogP contribution in [-0.4, -0.2) is 0 Å². The lowest BCUT2D eigenvalue weighted by Crippen LogP contribution is -1.97. The zero-order valence-electron chi connectivity index (χ0n) is 10.1. The molecule has 1 unspecified atom stereocenters. The van der Waals surface area contributed by atoms with Crippen LogP contribution in [0.4, 0.5) is 0 Å². The van der Waals surface area contributed by atoms with Gasteiger partial charge in [0.05, 0.1) is 0 Å². The van der Waals surface area contributed by atoms with E-state index in [1.165, 1.54) is 31.3 Å². The van der Waals surface area contributed by atoms with E-state index >= 15 is 0 Å². The third-order valence-corrected chi connectivity index (χ3v) is 2.45. The summed E-state index contributed by atoms with van der Waals surface area (Å²) < 4.78 is 0. The summed E-state index contributed by atoms with van der Waals surface area (Å²) in [7, 11) is 0. The highest BCUT2D eigenvalue weighted by atomic mass is 14.1. The zero-order valence-corrected chi connectivity index (χ0v) is 10.1. The fourth-order valence-corrected chi connectivity index (χ4v) is 1.42. The molecule has 0 saturated heterocycles. The molecule has 0 fully saturated rings. The van der Waals surface area contributed by atoms with Gasteiger partial charge in [0.15, 0.2) is 0 Å². The second-order valence-electron chi connectivity index (χ2n) is 4.94. The summed E-state index contributed by atoms with van der Waals surface area (Å²) in [6.45, 7) is 11.4. The molecule has 0 amide bonds. The maximum atomic E-state index is 2.38. The molecule has 0 aliphatic rings. The van der Waals surface area contributed by atoms with Crippen LogP contribution in [0.15, 0.2) is 11.6 Å². The zero-order chi connectivity index (χ0) is 10.3. The third-order valence-electron chi connectivity index (χ3n) is 2.45. The standard InChI is InChI=1S/C13H26/c1-11(2)7-6-8-13(5)10-9-12(3)4/h7,12-13H,6,8-10H2,1-5H3. The summed E-state index contributed by atoms with van der Waals surface area (Å²) in [5.74, 6) is 1.77. The van der Waals surface area contributed by atoms with E-state index in [9.17, 15) is 0 Å². The number of allylic oxidation sites excluding steroid dienone is 2. The molecule has 78 valence electrons. The second-order valence-corrected chi connectivity index (χ2v) is 4.94. The van der Waals surface area contributed by atoms with Crippen molar-refractivity contribution in [3.05, 3.63) is 11.6 Å². The van der Waals surface area contributed by atoms with Crippen molar-refractivity contribution in [1.29, 1.82) is 0 Å². The average molecular weight is 182 g/mol. The van der Waals surface area contributed by atoms with Crippen molar-refractivity contribution in [3.8, 4) is 0 Å². The Hall–Kier alpha value is -0.260. The van der Waals surface area contributed by atoms with E-state index in [2.05, 4.69) is 40.7 Å². The number of hydrogen-bond donors (Lipinski definition) is 0. The maximum absolute atomic E-state index is 2.38. The Morgan fingerprint density at radius 3 is 2.08 bits per heavy atom. The van der Waals surface area contributed by atoms with E-state index < -0.39 is 0 Å². The Morgan fingerprint density at radius 1 is 1.00 bits per heavy atom. The summed E-state index contributed by atoms with van der Waals surface area (Å²) in [5.41, 5.74) is 1.45. The Bertz CT molecular complexity index is 138. The van der Waals surface area contributed by atoms with Crippen molar-refractivity contribution in [3.63, 3.8) is 0 Å². The molecule has 0 aromatic heterocycles. The molecular formula is C13H26. The summed E-state index contributed by atoms with van der Waals surface area (Å²) >= 11 is 0. The fourth-order valence-electron chi connectivity index (χ4n) is 1.42. The van der Waals surface area contributed by atoms with Crippen molar-refractivity contribution in [2.75, 3.05) is 0 Å². The predicted molar refractivity (Wildman–Crippen MR) is 61.9 cm³/mol. The number of rotatable bonds is 6. The topological polar surface area (TPSA) is 0 Å². The van der Waals surface area contributed by atoms with Gasteiger partial charge in [-0.1, -0.05) is 45.3 Å². The molecule has 13 heavy (non-hydrogen) atoms. The summed E-state index contributed by atoms with van der Waals surface area (Å²) in [6, 6.07) is 0. The molecule has 0 aliphatic carbocycles. The summed E-state index contributed by atoms with van der Waals surface area (Å²) in [6.07, 6.45) is 7.76. The van der Waals surface area contributed by atoms with E-state index in [0.717, 1.165) is 11.8 Å². The van der Waals surface area contributed by atoms with Gasteiger partial charge in [-0.2, -0.15) is 0 Å².